The predicted octanol–water partition coefficient (Wildman–Crippen LogP) is 24.9. The van der Waals surface area contributed by atoms with E-state index in [-0.39, 0.29) is 35.9 Å². The van der Waals surface area contributed by atoms with E-state index in [1.165, 1.54) is 57.8 Å². The van der Waals surface area contributed by atoms with Crippen molar-refractivity contribution in [2.24, 2.45) is 30.1 Å². The first-order chi connectivity index (χ1) is 61.4. The second-order valence-electron chi connectivity index (χ2n) is 31.3. The lowest BCUT2D eigenvalue weighted by Gasteiger charge is -2.38. The molecule has 5 aliphatic rings. The normalized spacial score (nSPS) is 16.6. The quantitative estimate of drug-likeness (QED) is 0.00748. The maximum Gasteiger partial charge on any atom is 0.251 e. The molecule has 2 aliphatic heterocycles. The zero-order valence-corrected chi connectivity index (χ0v) is 80.3. The van der Waals surface area contributed by atoms with E-state index in [1.54, 1.807) is 115 Å². The summed E-state index contributed by atoms with van der Waals surface area (Å²) in [6.45, 7) is 20.7. The van der Waals surface area contributed by atoms with Crippen LogP contribution in [0.15, 0.2) is 200 Å². The highest BCUT2D eigenvalue weighted by atomic mass is 35.5. The maximum atomic E-state index is 12.7. The maximum absolute atomic E-state index is 12.7. The Hall–Kier alpha value is -9.29. The van der Waals surface area contributed by atoms with Crippen LogP contribution >= 0.6 is 92.8 Å². The van der Waals surface area contributed by atoms with Gasteiger partial charge in [-0.05, 0) is 260 Å². The number of carbonyl (C=O) groups is 4. The number of carbonyl (C=O) groups excluding carboxylic acids is 5. The van der Waals surface area contributed by atoms with Crippen LogP contribution in [0.25, 0.3) is 10.4 Å². The zero-order chi connectivity index (χ0) is 91.7. The Morgan fingerprint density at radius 1 is 0.450 bits per heavy atom. The second kappa shape index (κ2) is 62.1. The van der Waals surface area contributed by atoms with Gasteiger partial charge in [0.25, 0.3) is 23.6 Å². The van der Waals surface area contributed by atoms with Crippen molar-refractivity contribution in [3.63, 3.8) is 0 Å². The first kappa shape index (κ1) is 110. The van der Waals surface area contributed by atoms with Gasteiger partial charge in [0.05, 0.1) is 35.5 Å². The number of azide groups is 1. The third-order valence-corrected chi connectivity index (χ3v) is 23.4. The van der Waals surface area contributed by atoms with Gasteiger partial charge in [0.15, 0.2) is 5.96 Å². The number of halogens is 10. The van der Waals surface area contributed by atoms with E-state index in [0.29, 0.717) is 162 Å². The molecule has 22 nitrogen and oxygen atoms in total. The van der Waals surface area contributed by atoms with Gasteiger partial charge in [0.2, 0.25) is 6.08 Å². The molecule has 2 heterocycles. The summed E-state index contributed by atoms with van der Waals surface area (Å²) in [6, 6.07) is 55.6. The minimum atomic E-state index is -0.197. The molecule has 8 aromatic rings. The summed E-state index contributed by atoms with van der Waals surface area (Å²) in [7, 11) is 0. The van der Waals surface area contributed by atoms with E-state index >= 15 is 0 Å². The van der Waals surface area contributed by atoms with E-state index in [0.717, 1.165) is 110 Å². The summed E-state index contributed by atoms with van der Waals surface area (Å²) in [5, 5.41) is 33.7. The topological polar surface area (TPSA) is 295 Å². The van der Waals surface area contributed by atoms with Gasteiger partial charge in [-0.15, -0.1) is 0 Å². The SMILES string of the molecule is CC.CC1CN(C(=NC2CCCCC2)Nc2ccc(C(=O)NCCc3ccc(Cl)cc3Cl)cc2)CC(C)N1.CC1CNCC(C)N1.CC=Nc1ccc(C(=O)NCCc2ccc(Cl)cc2Cl)cc1.F.F.O=C(NCCc1ccc(Cl)cc1Cl)c1ccc(N=C=NC2CCCCC2)cc1.O=C=NC1CCCCC1.[3HH].[3HH].[N-]=[N+]=Nc1ccc(C(=O)NCCc2ccc(Cl)cc2Cl)cc1. The van der Waals surface area contributed by atoms with E-state index < -0.39 is 0 Å². The third kappa shape index (κ3) is 42.2. The van der Waals surface area contributed by atoms with Crippen molar-refractivity contribution < 1.29 is 36.2 Å². The Labute approximate surface area is 801 Å². The van der Waals surface area contributed by atoms with Crippen molar-refractivity contribution >= 4 is 163 Å². The third-order valence-electron chi connectivity index (χ3n) is 21.0. The fourth-order valence-corrected chi connectivity index (χ4v) is 16.5. The highest BCUT2D eigenvalue weighted by molar-refractivity contribution is 6.36. The molecule has 3 saturated carbocycles. The summed E-state index contributed by atoms with van der Waals surface area (Å²) in [5.74, 6) is 0.401. The van der Waals surface area contributed by atoms with E-state index in [1.807, 2.05) is 87.5 Å². The number of amides is 4. The minimum absolute atomic E-state index is 0. The zero-order valence-electron chi connectivity index (χ0n) is 74.3. The lowest BCUT2D eigenvalue weighted by atomic mass is 9.96. The van der Waals surface area contributed by atoms with Crippen molar-refractivity contribution in [2.75, 3.05) is 57.7 Å². The molecule has 3 aliphatic carbocycles. The molecule has 698 valence electrons. The number of anilines is 1. The van der Waals surface area contributed by atoms with Gasteiger partial charge in [-0.2, -0.15) is 4.99 Å². The van der Waals surface area contributed by atoms with Crippen molar-refractivity contribution in [3.8, 4) is 0 Å². The molecular weight excluding hydrogens is 1800 g/mol. The molecule has 5 fully saturated rings. The fourth-order valence-electron chi connectivity index (χ4n) is 14.5. The Kier molecular flexibility index (Phi) is 53.1. The molecule has 32 heteroatoms. The Balaban J connectivity index is 0.000000422. The van der Waals surface area contributed by atoms with Crippen LogP contribution in [-0.4, -0.2) is 147 Å². The fraction of sp³-hybridized carbons (Fsp3) is 0.423. The van der Waals surface area contributed by atoms with Gasteiger partial charge in [0, 0.05) is 164 Å². The van der Waals surface area contributed by atoms with Crippen LogP contribution in [0.2, 0.25) is 40.2 Å². The minimum Gasteiger partial charge on any atom is -0.352 e. The van der Waals surface area contributed by atoms with Gasteiger partial charge in [-0.25, -0.2) is 19.8 Å². The summed E-state index contributed by atoms with van der Waals surface area (Å²) in [4.78, 5) is 85.4. The molecule has 4 atom stereocenters. The molecular formula is C97H125Cl8F2N17O5. The van der Waals surface area contributed by atoms with E-state index in [9.17, 15) is 24.0 Å². The number of benzene rings is 8. The summed E-state index contributed by atoms with van der Waals surface area (Å²) < 4.78 is 0. The second-order valence-corrected chi connectivity index (χ2v) is 34.7. The molecule has 8 N–H and O–H groups in total. The van der Waals surface area contributed by atoms with Gasteiger partial charge < -0.3 is 47.4 Å². The number of hydrogen-bond acceptors (Lipinski definition) is 14. The molecule has 13 rings (SSSR count). The van der Waals surface area contributed by atoms with Crippen LogP contribution < -0.4 is 42.5 Å². The standard InChI is InChI=1S/C28H37Cl2N5O.C22H23Cl2N3O.C17H16Cl2N2O.C15H12Cl2N4O.C7H11NO.C6H14N2.C2H6.2FH.2H2/c1-19-17-35(18-20(2)32-19)28(33-24-6-4-3-5-7-24)34-25-12-9-22(10-13-25)27(36)31-15-14-21-8-11-23(29)16-26(21)30;23-18-9-6-16(21(24)14-18)12-13-25-22(28)17-7-10-20(11-8-17)27-15-26-19-4-2-1-3-5-19;1-2-20-15-7-4-13(5-8-15)17(22)21-10-9-12-3-6-14(18)11-16(12)19;16-12-4-1-10(14(17)9-12)7-8-19-15(22)11-2-5-13(6-3-11)20-21-18;9-6-8-7-4-2-1-3-5-7;1-5-3-7-4-6(2)8-5;1-2;;;;/h8-13,16,19-20,24,32H,3-7,14-15,17-18H2,1-2H3,(H,31,36)(H,33,34);6-11,14,19H,1-5,12-13H2,(H,25,28);2-8,11H,9-10H2,1H3,(H,21,22);1-6,9H,7-8H2,(H,19,22);7H,1-5H2;5-8H,3-4H2,1-2H3;1-2H3;4*1H/i;;;;;;;;;2*1+2. The molecule has 2 saturated heterocycles. The number of hydrogen-bond donors (Lipinski definition) is 8. The molecule has 0 radical (unpaired) electrons. The number of rotatable bonds is 23. The van der Waals surface area contributed by atoms with Crippen molar-refractivity contribution in [1.82, 2.24) is 42.1 Å². The van der Waals surface area contributed by atoms with Crippen molar-refractivity contribution in [3.05, 3.63) is 265 Å². The van der Waals surface area contributed by atoms with Crippen LogP contribution in [0.1, 0.15) is 211 Å². The molecule has 4 amide bonds. The highest BCUT2D eigenvalue weighted by Crippen LogP contribution is 2.29. The monoisotopic (exact) mass is 1930 g/mol. The molecule has 8 aromatic carbocycles. The highest BCUT2D eigenvalue weighted by Gasteiger charge is 2.26. The van der Waals surface area contributed by atoms with Gasteiger partial charge >= 0.3 is 0 Å². The number of nitrogens with zero attached hydrogens (tertiary/aromatic N) is 9. The summed E-state index contributed by atoms with van der Waals surface area (Å²) in [5.41, 5.74) is 17.4. The van der Waals surface area contributed by atoms with Crippen molar-refractivity contribution in [2.45, 2.75) is 213 Å². The molecule has 0 aromatic heterocycles. The predicted molar refractivity (Wildman–Crippen MR) is 537 cm³/mol. The van der Waals surface area contributed by atoms with Crippen LogP contribution in [0, 0.1) is 0 Å². The number of nitrogens with one attached hydrogen (secondary N) is 8. The lowest BCUT2D eigenvalue weighted by molar-refractivity contribution is 0.0946. The summed E-state index contributed by atoms with van der Waals surface area (Å²) in [6.07, 6.45) is 24.0. The average molecular weight is 1930 g/mol. The Morgan fingerprint density at radius 3 is 1.10 bits per heavy atom. The van der Waals surface area contributed by atoms with Crippen LogP contribution in [0.3, 0.4) is 0 Å². The Bertz CT molecular complexity index is 4970. The lowest BCUT2D eigenvalue weighted by Crippen LogP contribution is -2.57. The van der Waals surface area contributed by atoms with Gasteiger partial charge in [-0.3, -0.25) is 33.6 Å². The molecule has 0 spiro atoms. The molecule has 0 bridgehead atoms. The van der Waals surface area contributed by atoms with E-state index in [2.05, 4.69) is 111 Å². The smallest absolute Gasteiger partial charge is 0.251 e. The molecule has 4 unspecified atom stereocenters. The van der Waals surface area contributed by atoms with Gasteiger partial charge in [0.1, 0.15) is 0 Å². The summed E-state index contributed by atoms with van der Waals surface area (Å²) >= 11 is 48.1. The first-order valence-corrected chi connectivity index (χ1v) is 46.8. The Morgan fingerprint density at radius 2 is 0.775 bits per heavy atom. The molecule has 129 heavy (non-hydrogen) atoms. The van der Waals surface area contributed by atoms with Crippen molar-refractivity contribution in [1.29, 1.82) is 0 Å². The number of isocyanates is 1. The number of piperazine rings is 2. The average Bonchev–Trinajstić information content (AvgIpc) is 0.832. The largest absolute Gasteiger partial charge is 0.352 e. The van der Waals surface area contributed by atoms with Crippen LogP contribution in [-0.2, 0) is 30.5 Å². The number of guanidine groups is 1. The first-order valence-electron chi connectivity index (χ1n) is 43.8. The van der Waals surface area contributed by atoms with Gasteiger partial charge in [-0.1, -0.05) is 206 Å². The number of aliphatic imine (C=N–C) groups is 5. The van der Waals surface area contributed by atoms with Crippen LogP contribution in [0.4, 0.5) is 32.2 Å². The van der Waals surface area contributed by atoms with E-state index in [4.69, 9.17) is 103 Å². The van der Waals surface area contributed by atoms with Crippen LogP contribution in [0.5, 0.6) is 0 Å².